The highest BCUT2D eigenvalue weighted by molar-refractivity contribution is 7.46. The summed E-state index contributed by atoms with van der Waals surface area (Å²) >= 11 is 0. The van der Waals surface area contributed by atoms with Crippen LogP contribution in [-0.4, -0.2) is 32.1 Å². The zero-order valence-corrected chi connectivity index (χ0v) is 12.5. The van der Waals surface area contributed by atoms with E-state index in [1.165, 1.54) is 0 Å². The van der Waals surface area contributed by atoms with Gasteiger partial charge in [-0.1, -0.05) is 27.2 Å². The average molecular weight is 318 g/mol. The maximum Gasteiger partial charge on any atom is 0.469 e. The number of carbonyl (C=O) groups is 1. The second-order valence-electron chi connectivity index (χ2n) is 3.39. The Hall–Kier alpha value is -1.22. The summed E-state index contributed by atoms with van der Waals surface area (Å²) in [6.45, 7) is 5.39. The molecule has 3 N–H and O–H groups in total. The molecule has 0 heterocycles. The minimum absolute atomic E-state index is 0.222. The molecule has 0 aliphatic heterocycles. The molecule has 1 radical (unpaired) electrons. The number of rotatable bonds is 6. The lowest BCUT2D eigenvalue weighted by atomic mass is 10.2. The zero-order chi connectivity index (χ0) is 16.8. The van der Waals surface area contributed by atoms with Crippen molar-refractivity contribution in [3.8, 4) is 0 Å². The first-order valence-corrected chi connectivity index (χ1v) is 7.30. The average Bonchev–Trinajstić information content (AvgIpc) is 2.26. The first kappa shape index (κ1) is 23.8. The van der Waals surface area contributed by atoms with E-state index in [0.717, 1.165) is 6.42 Å². The van der Waals surface area contributed by atoms with E-state index in [1.54, 1.807) is 6.92 Å². The van der Waals surface area contributed by atoms with Gasteiger partial charge in [0.2, 0.25) is 0 Å². The van der Waals surface area contributed by atoms with Crippen molar-refractivity contribution < 1.29 is 39.1 Å². The van der Waals surface area contributed by atoms with Crippen molar-refractivity contribution in [1.82, 2.24) is 0 Å². The van der Waals surface area contributed by atoms with Crippen LogP contribution in [0, 0.1) is 10.1 Å². The quantitative estimate of drug-likeness (QED) is 0.378. The molecule has 1 atom stereocenters. The van der Waals surface area contributed by atoms with Gasteiger partial charge in [0.1, 0.15) is 0 Å². The molecule has 0 saturated carbocycles. The molecule has 0 saturated heterocycles. The van der Waals surface area contributed by atoms with Gasteiger partial charge < -0.3 is 14.9 Å². The molecular weight excluding hydrogens is 297 g/mol. The number of hydrogen-bond donors (Lipinski definition) is 3. The topological polar surface area (TPSA) is 167 Å². The van der Waals surface area contributed by atoms with Gasteiger partial charge in [-0.05, 0) is 12.8 Å². The standard InChI is InChI=1S/C6H15O4P.C3H6O2.NO3/c1-3-5-6(4-2)10-11(7,8)9;1-2-3(4)5;2-1(3)4/h6H,3-5H2,1-2H3,(H2,7,8,9);2H2,1H3,(H,4,5);. The molecule has 10 nitrogen and oxygen atoms in total. The molecule has 121 valence electrons. The van der Waals surface area contributed by atoms with Gasteiger partial charge in [-0.15, -0.1) is 15.3 Å². The number of carboxylic acid groups (broad SMARTS) is 1. The third-order valence-corrected chi connectivity index (χ3v) is 2.23. The van der Waals surface area contributed by atoms with E-state index < -0.39 is 18.9 Å². The second-order valence-corrected chi connectivity index (χ2v) is 4.58. The Morgan fingerprint density at radius 3 is 1.85 bits per heavy atom. The van der Waals surface area contributed by atoms with Crippen molar-refractivity contribution in [1.29, 1.82) is 0 Å². The van der Waals surface area contributed by atoms with Gasteiger partial charge in [0.15, 0.2) is 0 Å². The molecule has 11 heteroatoms. The second kappa shape index (κ2) is 14.2. The number of phosphoric ester groups is 1. The third kappa shape index (κ3) is 36.0. The van der Waals surface area contributed by atoms with Crippen LogP contribution >= 0.6 is 7.82 Å². The Labute approximate surface area is 116 Å². The van der Waals surface area contributed by atoms with E-state index in [-0.39, 0.29) is 12.5 Å². The highest BCUT2D eigenvalue weighted by Gasteiger charge is 2.19. The van der Waals surface area contributed by atoms with E-state index in [2.05, 4.69) is 4.52 Å². The van der Waals surface area contributed by atoms with Crippen molar-refractivity contribution in [2.24, 2.45) is 0 Å². The van der Waals surface area contributed by atoms with Crippen molar-refractivity contribution in [3.63, 3.8) is 0 Å². The normalized spacial score (nSPS) is 11.2. The largest absolute Gasteiger partial charge is 0.481 e. The SMILES string of the molecule is CCC(=O)O.CCCC(CC)OP(=O)(O)O.[O][N+](=O)[O-]. The molecular formula is C9H21NO9P. The van der Waals surface area contributed by atoms with Crippen LogP contribution in [0.1, 0.15) is 46.5 Å². The van der Waals surface area contributed by atoms with Gasteiger partial charge in [0.25, 0.3) is 0 Å². The molecule has 0 rings (SSSR count). The Morgan fingerprint density at radius 1 is 1.35 bits per heavy atom. The molecule has 0 amide bonds. The molecule has 0 aliphatic rings. The number of hydrogen-bond acceptors (Lipinski definition) is 5. The lowest BCUT2D eigenvalue weighted by Crippen LogP contribution is -2.09. The summed E-state index contributed by atoms with van der Waals surface area (Å²) < 4.78 is 14.8. The number of carboxylic acids is 1. The maximum absolute atomic E-state index is 10.3. The van der Waals surface area contributed by atoms with Gasteiger partial charge in [-0.25, -0.2) is 4.57 Å². The summed E-state index contributed by atoms with van der Waals surface area (Å²) in [7, 11) is -4.27. The summed E-state index contributed by atoms with van der Waals surface area (Å²) in [5.74, 6) is -0.745. The molecule has 0 aromatic heterocycles. The van der Waals surface area contributed by atoms with E-state index in [0.29, 0.717) is 12.8 Å². The Balaban J connectivity index is -0.000000266. The van der Waals surface area contributed by atoms with Crippen LogP contribution in [0.5, 0.6) is 0 Å². The van der Waals surface area contributed by atoms with Crippen molar-refractivity contribution in [2.75, 3.05) is 0 Å². The maximum atomic E-state index is 10.3. The molecule has 0 aromatic carbocycles. The van der Waals surface area contributed by atoms with Gasteiger partial charge in [0, 0.05) is 6.42 Å². The van der Waals surface area contributed by atoms with Gasteiger partial charge >= 0.3 is 18.9 Å². The summed E-state index contributed by atoms with van der Waals surface area (Å²) in [5, 5.41) is 22.5. The van der Waals surface area contributed by atoms with Gasteiger partial charge in [0.05, 0.1) is 6.10 Å². The molecule has 0 aliphatic carbocycles. The van der Waals surface area contributed by atoms with E-state index in [4.69, 9.17) is 30.2 Å². The monoisotopic (exact) mass is 318 g/mol. The Morgan fingerprint density at radius 2 is 1.70 bits per heavy atom. The molecule has 1 unspecified atom stereocenters. The van der Waals surface area contributed by atoms with Crippen LogP contribution in [0.25, 0.3) is 0 Å². The predicted molar refractivity (Wildman–Crippen MR) is 67.7 cm³/mol. The summed E-state index contributed by atoms with van der Waals surface area (Å²) in [6.07, 6.45) is 2.12. The fourth-order valence-electron chi connectivity index (χ4n) is 0.848. The molecule has 0 fully saturated rings. The van der Waals surface area contributed by atoms with Crippen molar-refractivity contribution in [2.45, 2.75) is 52.6 Å². The smallest absolute Gasteiger partial charge is 0.469 e. The van der Waals surface area contributed by atoms with Crippen LogP contribution in [0.3, 0.4) is 0 Å². The summed E-state index contributed by atoms with van der Waals surface area (Å²) in [5.41, 5.74) is 0. The van der Waals surface area contributed by atoms with Gasteiger partial charge in [-0.3, -0.25) is 9.32 Å². The number of aliphatic carboxylic acids is 1. The molecule has 0 aromatic rings. The lowest BCUT2D eigenvalue weighted by Gasteiger charge is -2.14. The first-order valence-electron chi connectivity index (χ1n) is 5.77. The van der Waals surface area contributed by atoms with Crippen molar-refractivity contribution >= 4 is 13.8 Å². The molecule has 20 heavy (non-hydrogen) atoms. The minimum Gasteiger partial charge on any atom is -0.481 e. The summed E-state index contributed by atoms with van der Waals surface area (Å²) in [4.78, 5) is 34.5. The Kier molecular flexibility index (Phi) is 16.9. The minimum atomic E-state index is -4.27. The van der Waals surface area contributed by atoms with Crippen LogP contribution in [-0.2, 0) is 19.1 Å². The van der Waals surface area contributed by atoms with E-state index in [1.807, 2.05) is 13.8 Å². The highest BCUT2D eigenvalue weighted by atomic mass is 31.2. The van der Waals surface area contributed by atoms with E-state index in [9.17, 15) is 9.36 Å². The number of phosphoric acid groups is 1. The fourth-order valence-corrected chi connectivity index (χ4v) is 1.49. The van der Waals surface area contributed by atoms with Crippen LogP contribution in [0.15, 0.2) is 0 Å². The van der Waals surface area contributed by atoms with Crippen molar-refractivity contribution in [3.05, 3.63) is 10.1 Å². The fraction of sp³-hybridized carbons (Fsp3) is 0.889. The van der Waals surface area contributed by atoms with Crippen LogP contribution < -0.4 is 0 Å². The van der Waals surface area contributed by atoms with Gasteiger partial charge in [-0.2, -0.15) is 0 Å². The lowest BCUT2D eigenvalue weighted by molar-refractivity contribution is -0.782. The third-order valence-electron chi connectivity index (χ3n) is 1.65. The number of nitrogens with zero attached hydrogens (tertiary/aromatic N) is 1. The van der Waals surface area contributed by atoms with Crippen LogP contribution in [0.2, 0.25) is 0 Å². The van der Waals surface area contributed by atoms with E-state index >= 15 is 0 Å². The summed E-state index contributed by atoms with van der Waals surface area (Å²) in [6, 6.07) is 0. The zero-order valence-electron chi connectivity index (χ0n) is 11.6. The molecule has 0 bridgehead atoms. The Bertz CT molecular complexity index is 300. The predicted octanol–water partition coefficient (Wildman–Crippen LogP) is 1.76. The van der Waals surface area contributed by atoms with Crippen LogP contribution in [0.4, 0.5) is 0 Å². The first-order chi connectivity index (χ1) is 8.99. The molecule has 0 spiro atoms. The highest BCUT2D eigenvalue weighted by Crippen LogP contribution is 2.39.